The molecule has 0 saturated carbocycles. The van der Waals surface area contributed by atoms with Crippen LogP contribution < -0.4 is 5.73 Å². The summed E-state index contributed by atoms with van der Waals surface area (Å²) in [6, 6.07) is 0.0450. The molecule has 6 heteroatoms. The quantitative estimate of drug-likeness (QED) is 0.810. The summed E-state index contributed by atoms with van der Waals surface area (Å²) < 4.78 is 1.63. The van der Waals surface area contributed by atoms with Gasteiger partial charge in [-0.15, -0.1) is 0 Å². The maximum Gasteiger partial charge on any atom is 0.257 e. The van der Waals surface area contributed by atoms with Crippen LogP contribution in [-0.2, 0) is 7.05 Å². The predicted octanol–water partition coefficient (Wildman–Crippen LogP) is 0.865. The molecule has 0 atom stereocenters. The molecule has 0 radical (unpaired) electrons. The van der Waals surface area contributed by atoms with Crippen molar-refractivity contribution in [3.05, 3.63) is 17.5 Å². The zero-order valence-corrected chi connectivity index (χ0v) is 11.4. The van der Waals surface area contributed by atoms with E-state index in [-0.39, 0.29) is 11.9 Å². The van der Waals surface area contributed by atoms with Gasteiger partial charge < -0.3 is 10.6 Å². The molecule has 17 heavy (non-hydrogen) atoms. The van der Waals surface area contributed by atoms with Gasteiger partial charge in [0.05, 0.1) is 22.8 Å². The molecule has 0 aliphatic rings. The molecule has 5 nitrogen and oxygen atoms in total. The summed E-state index contributed by atoms with van der Waals surface area (Å²) in [7, 11) is 1.79. The third kappa shape index (κ3) is 3.26. The molecule has 1 amide bonds. The second-order valence-corrected chi connectivity index (χ2v) is 4.82. The van der Waals surface area contributed by atoms with Gasteiger partial charge in [0.15, 0.2) is 0 Å². The average molecular weight is 254 g/mol. The Kier molecular flexibility index (Phi) is 4.22. The lowest BCUT2D eigenvalue weighted by Crippen LogP contribution is -2.42. The van der Waals surface area contributed by atoms with Crippen LogP contribution in [0.4, 0.5) is 0 Å². The number of carbonyl (C=O) groups excluding carboxylic acids is 1. The zero-order chi connectivity index (χ0) is 13.2. The maximum absolute atomic E-state index is 12.3. The average Bonchev–Trinajstić information content (AvgIpc) is 2.52. The van der Waals surface area contributed by atoms with Crippen LogP contribution in [0.3, 0.4) is 0 Å². The van der Waals surface area contributed by atoms with Crippen LogP contribution in [0, 0.1) is 6.92 Å². The minimum Gasteiger partial charge on any atom is -0.392 e. The Hall–Kier alpha value is -1.43. The number of carbonyl (C=O) groups is 1. The highest BCUT2D eigenvalue weighted by atomic mass is 32.1. The van der Waals surface area contributed by atoms with Gasteiger partial charge in [0, 0.05) is 19.3 Å². The second kappa shape index (κ2) is 5.27. The molecule has 0 aliphatic heterocycles. The van der Waals surface area contributed by atoms with Crippen LogP contribution in [0.25, 0.3) is 0 Å². The molecule has 0 fully saturated rings. The molecule has 1 rings (SSSR count). The Bertz CT molecular complexity index is 439. The molecule has 0 saturated heterocycles. The molecule has 94 valence electrons. The van der Waals surface area contributed by atoms with E-state index in [1.807, 2.05) is 20.8 Å². The predicted molar refractivity (Wildman–Crippen MR) is 70.9 cm³/mol. The van der Waals surface area contributed by atoms with E-state index in [0.717, 1.165) is 0 Å². The number of amides is 1. The smallest absolute Gasteiger partial charge is 0.257 e. The number of thiocarbonyl (C=S) groups is 1. The van der Waals surface area contributed by atoms with Gasteiger partial charge in [0.2, 0.25) is 0 Å². The lowest BCUT2D eigenvalue weighted by atomic mass is 10.2. The van der Waals surface area contributed by atoms with Gasteiger partial charge in [-0.2, -0.15) is 5.10 Å². The number of nitrogens with zero attached hydrogens (tertiary/aromatic N) is 3. The van der Waals surface area contributed by atoms with Crippen molar-refractivity contribution in [1.29, 1.82) is 0 Å². The minimum atomic E-state index is -0.0848. The van der Waals surface area contributed by atoms with Crippen molar-refractivity contribution in [3.8, 4) is 0 Å². The largest absolute Gasteiger partial charge is 0.392 e. The van der Waals surface area contributed by atoms with E-state index < -0.39 is 0 Å². The minimum absolute atomic E-state index is 0.0450. The van der Waals surface area contributed by atoms with Crippen molar-refractivity contribution in [2.24, 2.45) is 12.8 Å². The van der Waals surface area contributed by atoms with Crippen molar-refractivity contribution in [2.75, 3.05) is 6.54 Å². The van der Waals surface area contributed by atoms with Crippen LogP contribution in [0.5, 0.6) is 0 Å². The van der Waals surface area contributed by atoms with Crippen LogP contribution in [0.15, 0.2) is 6.20 Å². The Labute approximate surface area is 107 Å². The molecule has 1 aromatic rings. The lowest BCUT2D eigenvalue weighted by molar-refractivity contribution is 0.0735. The zero-order valence-electron chi connectivity index (χ0n) is 10.6. The SMILES string of the molecule is Cc1nn(C)cc1C(=O)N(CC(N)=S)C(C)C. The van der Waals surface area contributed by atoms with E-state index in [1.54, 1.807) is 22.8 Å². The first-order valence-electron chi connectivity index (χ1n) is 5.42. The molecule has 2 N–H and O–H groups in total. The summed E-state index contributed by atoms with van der Waals surface area (Å²) >= 11 is 4.86. The summed E-state index contributed by atoms with van der Waals surface area (Å²) in [4.78, 5) is 14.3. The summed E-state index contributed by atoms with van der Waals surface area (Å²) in [5, 5.41) is 4.16. The summed E-state index contributed by atoms with van der Waals surface area (Å²) in [5.41, 5.74) is 6.82. The van der Waals surface area contributed by atoms with E-state index in [9.17, 15) is 4.79 Å². The fraction of sp³-hybridized carbons (Fsp3) is 0.545. The van der Waals surface area contributed by atoms with Gasteiger partial charge in [0.25, 0.3) is 5.91 Å². The fourth-order valence-corrected chi connectivity index (χ4v) is 1.76. The number of hydrogen-bond donors (Lipinski definition) is 1. The Morgan fingerprint density at radius 3 is 2.59 bits per heavy atom. The Balaban J connectivity index is 2.99. The van der Waals surface area contributed by atoms with E-state index in [0.29, 0.717) is 22.8 Å². The molecule has 1 heterocycles. The molecule has 0 aliphatic carbocycles. The van der Waals surface area contributed by atoms with E-state index in [4.69, 9.17) is 18.0 Å². The molecule has 0 unspecified atom stereocenters. The fourth-order valence-electron chi connectivity index (χ4n) is 1.62. The van der Waals surface area contributed by atoms with Crippen molar-refractivity contribution >= 4 is 23.1 Å². The molecule has 0 bridgehead atoms. The van der Waals surface area contributed by atoms with Gasteiger partial charge in [-0.05, 0) is 20.8 Å². The topological polar surface area (TPSA) is 64.2 Å². The first-order valence-corrected chi connectivity index (χ1v) is 5.83. The highest BCUT2D eigenvalue weighted by molar-refractivity contribution is 7.80. The summed E-state index contributed by atoms with van der Waals surface area (Å²) in [5.74, 6) is -0.0848. The monoisotopic (exact) mass is 254 g/mol. The maximum atomic E-state index is 12.3. The van der Waals surface area contributed by atoms with Crippen molar-refractivity contribution in [3.63, 3.8) is 0 Å². The molecule has 1 aromatic heterocycles. The first kappa shape index (κ1) is 13.6. The Morgan fingerprint density at radius 1 is 1.65 bits per heavy atom. The number of nitrogens with two attached hydrogens (primary N) is 1. The molecular formula is C11H18N4OS. The highest BCUT2D eigenvalue weighted by Gasteiger charge is 2.22. The summed E-state index contributed by atoms with van der Waals surface area (Å²) in [6.07, 6.45) is 1.71. The van der Waals surface area contributed by atoms with Crippen molar-refractivity contribution < 1.29 is 4.79 Å². The van der Waals surface area contributed by atoms with Gasteiger partial charge in [-0.1, -0.05) is 12.2 Å². The Morgan fingerprint density at radius 2 is 2.24 bits per heavy atom. The van der Waals surface area contributed by atoms with E-state index >= 15 is 0 Å². The lowest BCUT2D eigenvalue weighted by Gasteiger charge is -2.25. The van der Waals surface area contributed by atoms with Gasteiger partial charge >= 0.3 is 0 Å². The molecule has 0 spiro atoms. The summed E-state index contributed by atoms with van der Waals surface area (Å²) in [6.45, 7) is 5.97. The van der Waals surface area contributed by atoms with Crippen molar-refractivity contribution in [1.82, 2.24) is 14.7 Å². The van der Waals surface area contributed by atoms with Gasteiger partial charge in [0.1, 0.15) is 0 Å². The van der Waals surface area contributed by atoms with Crippen LogP contribution >= 0.6 is 12.2 Å². The van der Waals surface area contributed by atoms with Crippen molar-refractivity contribution in [2.45, 2.75) is 26.8 Å². The van der Waals surface area contributed by atoms with E-state index in [2.05, 4.69) is 5.10 Å². The number of aromatic nitrogens is 2. The number of rotatable bonds is 4. The third-order valence-electron chi connectivity index (χ3n) is 2.45. The van der Waals surface area contributed by atoms with Gasteiger partial charge in [-0.25, -0.2) is 0 Å². The van der Waals surface area contributed by atoms with Crippen LogP contribution in [-0.4, -0.2) is 38.2 Å². The van der Waals surface area contributed by atoms with Crippen LogP contribution in [0.1, 0.15) is 29.9 Å². The normalized spacial score (nSPS) is 10.6. The second-order valence-electron chi connectivity index (χ2n) is 4.29. The first-order chi connectivity index (χ1) is 7.82. The highest BCUT2D eigenvalue weighted by Crippen LogP contribution is 2.11. The third-order valence-corrected chi connectivity index (χ3v) is 2.58. The standard InChI is InChI=1S/C11H18N4OS/c1-7(2)15(6-10(12)17)11(16)9-5-14(4)13-8(9)3/h5,7H,6H2,1-4H3,(H2,12,17). The number of aryl methyl sites for hydroxylation is 2. The van der Waals surface area contributed by atoms with Gasteiger partial charge in [-0.3, -0.25) is 9.48 Å². The number of hydrogen-bond acceptors (Lipinski definition) is 3. The van der Waals surface area contributed by atoms with Crippen LogP contribution in [0.2, 0.25) is 0 Å². The molecule has 0 aromatic carbocycles. The van der Waals surface area contributed by atoms with E-state index in [1.165, 1.54) is 0 Å². The molecular weight excluding hydrogens is 236 g/mol.